The van der Waals surface area contributed by atoms with Crippen LogP contribution in [0.2, 0.25) is 0 Å². The van der Waals surface area contributed by atoms with Crippen LogP contribution in [0.5, 0.6) is 0 Å². The van der Waals surface area contributed by atoms with E-state index < -0.39 is 0 Å². The average Bonchev–Trinajstić information content (AvgIpc) is 2.78. The summed E-state index contributed by atoms with van der Waals surface area (Å²) in [4.78, 5) is 3.59. The molecule has 0 fully saturated rings. The number of nitrogens with one attached hydrogen (secondary N) is 1. The van der Waals surface area contributed by atoms with Gasteiger partial charge in [0.15, 0.2) is 5.69 Å². The molecule has 1 aromatic carbocycles. The Hall–Kier alpha value is -1.83. The third kappa shape index (κ3) is 1.60. The molecule has 2 heteroatoms. The second-order valence-electron chi connectivity index (χ2n) is 6.85. The smallest absolute Gasteiger partial charge is 0.220 e. The normalized spacial score (nSPS) is 17.6. The maximum absolute atomic E-state index is 6.07. The first-order valence-electron chi connectivity index (χ1n) is 7.40. The summed E-state index contributed by atoms with van der Waals surface area (Å²) in [7, 11) is 0. The molecule has 3 aromatic rings. The summed E-state index contributed by atoms with van der Waals surface area (Å²) in [5.41, 5.74) is 6.44. The highest BCUT2D eigenvalue weighted by atomic mass is 16.3. The molecule has 0 saturated carbocycles. The quantitative estimate of drug-likeness (QED) is 0.598. The Morgan fingerprint density at radius 2 is 2.00 bits per heavy atom. The number of H-pyrrole nitrogens is 1. The summed E-state index contributed by atoms with van der Waals surface area (Å²) < 4.78 is 6.07. The molecule has 2 heterocycles. The number of aromatic amines is 1. The topological polar surface area (TPSA) is 27.3 Å². The lowest BCUT2D eigenvalue weighted by Gasteiger charge is -2.28. The van der Waals surface area contributed by atoms with Gasteiger partial charge in [0.1, 0.15) is 5.58 Å². The van der Waals surface area contributed by atoms with E-state index >= 15 is 0 Å². The Balaban J connectivity index is 2.12. The summed E-state index contributed by atoms with van der Waals surface area (Å²) >= 11 is 0. The van der Waals surface area contributed by atoms with Crippen LogP contribution in [0.25, 0.3) is 21.9 Å². The van der Waals surface area contributed by atoms with Gasteiger partial charge in [0.05, 0.1) is 0 Å². The van der Waals surface area contributed by atoms with Crippen molar-refractivity contribution in [2.45, 2.75) is 40.0 Å². The Labute approximate surface area is 118 Å². The number of para-hydroxylation sites is 1. The number of aryl methyl sites for hydroxylation is 2. The van der Waals surface area contributed by atoms with Crippen LogP contribution in [0.1, 0.15) is 37.2 Å². The second-order valence-corrected chi connectivity index (χ2v) is 6.85. The molecule has 4 rings (SSSR count). The molecule has 0 spiro atoms. The zero-order chi connectivity index (χ0) is 13.9. The van der Waals surface area contributed by atoms with E-state index in [1.807, 2.05) is 6.07 Å². The molecule has 102 valence electrons. The highest BCUT2D eigenvalue weighted by molar-refractivity contribution is 6.07. The zero-order valence-electron chi connectivity index (χ0n) is 12.3. The van der Waals surface area contributed by atoms with Gasteiger partial charge in [-0.1, -0.05) is 32.0 Å². The predicted octanol–water partition coefficient (Wildman–Crippen LogP) is 4.22. The number of furan rings is 1. The van der Waals surface area contributed by atoms with Gasteiger partial charge in [0, 0.05) is 29.7 Å². The van der Waals surface area contributed by atoms with Crippen molar-refractivity contribution < 1.29 is 9.40 Å². The minimum absolute atomic E-state index is 0.392. The zero-order valence-corrected chi connectivity index (χ0v) is 12.3. The van der Waals surface area contributed by atoms with Crippen LogP contribution in [-0.2, 0) is 12.8 Å². The van der Waals surface area contributed by atoms with Gasteiger partial charge in [-0.2, -0.15) is 0 Å². The third-order valence-corrected chi connectivity index (χ3v) is 4.65. The van der Waals surface area contributed by atoms with E-state index in [0.29, 0.717) is 5.41 Å². The molecule has 0 amide bonds. The molecule has 0 atom stereocenters. The molecular weight excluding hydrogens is 246 g/mol. The van der Waals surface area contributed by atoms with Gasteiger partial charge in [-0.15, -0.1) is 0 Å². The van der Waals surface area contributed by atoms with E-state index in [4.69, 9.17) is 4.42 Å². The lowest BCUT2D eigenvalue weighted by Crippen LogP contribution is -2.30. The van der Waals surface area contributed by atoms with E-state index in [9.17, 15) is 0 Å². The van der Waals surface area contributed by atoms with Crippen molar-refractivity contribution in [3.63, 3.8) is 0 Å². The standard InChI is InChI=1S/C18H19NO/c1-11-17-16(13-6-4-5-7-15(13)20-17)12-8-9-18(2,3)10-14(12)19-11/h4-7H,8-10H2,1-3H3/p+1. The number of rotatable bonds is 0. The predicted molar refractivity (Wildman–Crippen MR) is 80.8 cm³/mol. The minimum atomic E-state index is 0.392. The monoisotopic (exact) mass is 266 g/mol. The van der Waals surface area contributed by atoms with Gasteiger partial charge in [-0.25, -0.2) is 4.98 Å². The lowest BCUT2D eigenvalue weighted by molar-refractivity contribution is -0.401. The summed E-state index contributed by atoms with van der Waals surface area (Å²) in [6.07, 6.45) is 3.50. The fourth-order valence-corrected chi connectivity index (χ4v) is 3.58. The van der Waals surface area contributed by atoms with Gasteiger partial charge >= 0.3 is 0 Å². The van der Waals surface area contributed by atoms with Gasteiger partial charge in [-0.3, -0.25) is 0 Å². The van der Waals surface area contributed by atoms with Crippen molar-refractivity contribution in [3.05, 3.63) is 41.2 Å². The lowest BCUT2D eigenvalue weighted by atomic mass is 9.75. The summed E-state index contributed by atoms with van der Waals surface area (Å²) in [5.74, 6) is 0. The molecule has 2 aromatic heterocycles. The maximum atomic E-state index is 6.07. The van der Waals surface area contributed by atoms with E-state index in [0.717, 1.165) is 29.7 Å². The van der Waals surface area contributed by atoms with Crippen LogP contribution < -0.4 is 4.98 Å². The molecule has 1 aliphatic carbocycles. The fourth-order valence-electron chi connectivity index (χ4n) is 3.58. The Kier molecular flexibility index (Phi) is 2.30. The number of pyridine rings is 1. The second kappa shape index (κ2) is 3.85. The van der Waals surface area contributed by atoms with Crippen LogP contribution in [0.15, 0.2) is 28.7 Å². The summed E-state index contributed by atoms with van der Waals surface area (Å²) in [6.45, 7) is 6.83. The summed E-state index contributed by atoms with van der Waals surface area (Å²) in [5, 5.41) is 2.60. The number of fused-ring (bicyclic) bond motifs is 5. The van der Waals surface area contributed by atoms with Crippen LogP contribution in [-0.4, -0.2) is 0 Å². The van der Waals surface area contributed by atoms with Crippen molar-refractivity contribution in [1.82, 2.24) is 0 Å². The van der Waals surface area contributed by atoms with E-state index in [1.165, 1.54) is 28.5 Å². The molecule has 20 heavy (non-hydrogen) atoms. The molecule has 0 aliphatic heterocycles. The third-order valence-electron chi connectivity index (χ3n) is 4.65. The molecule has 0 saturated heterocycles. The van der Waals surface area contributed by atoms with E-state index in [1.54, 1.807) is 0 Å². The van der Waals surface area contributed by atoms with Crippen molar-refractivity contribution in [2.24, 2.45) is 5.41 Å². The highest BCUT2D eigenvalue weighted by Crippen LogP contribution is 2.39. The van der Waals surface area contributed by atoms with E-state index in [2.05, 4.69) is 44.0 Å². The first-order chi connectivity index (χ1) is 9.55. The Morgan fingerprint density at radius 1 is 1.20 bits per heavy atom. The SMILES string of the molecule is Cc1[nH+]c2c(c3c1oc1ccccc13)CCC(C)(C)C2. The maximum Gasteiger partial charge on any atom is 0.220 e. The van der Waals surface area contributed by atoms with Gasteiger partial charge in [0.2, 0.25) is 11.3 Å². The number of benzene rings is 1. The van der Waals surface area contributed by atoms with Crippen molar-refractivity contribution >= 4 is 21.9 Å². The number of hydrogen-bond donors (Lipinski definition) is 0. The molecule has 0 bridgehead atoms. The number of hydrogen-bond acceptors (Lipinski definition) is 1. The summed E-state index contributed by atoms with van der Waals surface area (Å²) in [6, 6.07) is 8.39. The Bertz CT molecular complexity index is 826. The molecular formula is C18H20NO+. The van der Waals surface area contributed by atoms with Crippen LogP contribution >= 0.6 is 0 Å². The highest BCUT2D eigenvalue weighted by Gasteiger charge is 2.33. The van der Waals surface area contributed by atoms with Crippen molar-refractivity contribution in [2.75, 3.05) is 0 Å². The minimum Gasteiger partial charge on any atom is -0.449 e. The van der Waals surface area contributed by atoms with Gasteiger partial charge < -0.3 is 4.42 Å². The Morgan fingerprint density at radius 3 is 2.85 bits per heavy atom. The molecule has 0 radical (unpaired) electrons. The fraction of sp³-hybridized carbons (Fsp3) is 0.389. The van der Waals surface area contributed by atoms with Crippen molar-refractivity contribution in [3.8, 4) is 0 Å². The van der Waals surface area contributed by atoms with Crippen molar-refractivity contribution in [1.29, 1.82) is 0 Å². The number of aromatic nitrogens is 1. The average molecular weight is 266 g/mol. The first kappa shape index (κ1) is 12.0. The van der Waals surface area contributed by atoms with E-state index in [-0.39, 0.29) is 0 Å². The van der Waals surface area contributed by atoms with Crippen LogP contribution in [0.3, 0.4) is 0 Å². The van der Waals surface area contributed by atoms with Crippen LogP contribution in [0.4, 0.5) is 0 Å². The first-order valence-corrected chi connectivity index (χ1v) is 7.40. The largest absolute Gasteiger partial charge is 0.449 e. The molecule has 1 N–H and O–H groups in total. The van der Waals surface area contributed by atoms with Gasteiger partial charge in [-0.05, 0) is 24.3 Å². The van der Waals surface area contributed by atoms with Crippen LogP contribution in [0, 0.1) is 12.3 Å². The van der Waals surface area contributed by atoms with Gasteiger partial charge in [0.25, 0.3) is 0 Å². The molecule has 2 nitrogen and oxygen atoms in total. The molecule has 0 unspecified atom stereocenters. The molecule has 1 aliphatic rings.